The Hall–Kier alpha value is -1.84. The van der Waals surface area contributed by atoms with E-state index in [4.69, 9.17) is 0 Å². The van der Waals surface area contributed by atoms with Gasteiger partial charge < -0.3 is 10.1 Å². The zero-order valence-corrected chi connectivity index (χ0v) is 12.6. The summed E-state index contributed by atoms with van der Waals surface area (Å²) in [7, 11) is 1.30. The van der Waals surface area contributed by atoms with Crippen LogP contribution in [-0.2, 0) is 22.4 Å². The summed E-state index contributed by atoms with van der Waals surface area (Å²) in [6, 6.07) is 7.68. The van der Waals surface area contributed by atoms with E-state index in [1.54, 1.807) is 0 Å². The number of rotatable bonds is 3. The molecule has 0 bridgehead atoms. The molecule has 0 radical (unpaired) electrons. The molecule has 0 spiro atoms. The standard InChI is InChI=1S/C14H17NO3.C2H6/c1-9(16)13(15-14(17)18-2)12-7-10-5-3-4-6-11(10)8-12;1-2/h3-6,12-13H,7-8H2,1-2H3,(H,15,17);1-2H3. The molecule has 1 unspecified atom stereocenters. The number of Topliss-reactive ketones (excluding diaryl/α,β-unsaturated/α-hetero) is 1. The van der Waals surface area contributed by atoms with Crippen molar-refractivity contribution < 1.29 is 14.3 Å². The Bertz CT molecular complexity index is 446. The van der Waals surface area contributed by atoms with Gasteiger partial charge in [-0.25, -0.2) is 4.79 Å². The van der Waals surface area contributed by atoms with Crippen LogP contribution < -0.4 is 5.32 Å². The van der Waals surface area contributed by atoms with Gasteiger partial charge in [-0.15, -0.1) is 0 Å². The van der Waals surface area contributed by atoms with Gasteiger partial charge in [-0.3, -0.25) is 4.79 Å². The third-order valence-corrected chi connectivity index (χ3v) is 3.45. The number of ether oxygens (including phenoxy) is 1. The minimum atomic E-state index is -0.550. The van der Waals surface area contributed by atoms with Gasteiger partial charge in [-0.05, 0) is 36.8 Å². The summed E-state index contributed by atoms with van der Waals surface area (Å²) < 4.78 is 4.57. The zero-order chi connectivity index (χ0) is 15.1. The number of benzene rings is 1. The van der Waals surface area contributed by atoms with Gasteiger partial charge in [0.1, 0.15) is 0 Å². The smallest absolute Gasteiger partial charge is 0.407 e. The predicted molar refractivity (Wildman–Crippen MR) is 78.7 cm³/mol. The molecule has 1 aromatic carbocycles. The molecule has 2 rings (SSSR count). The minimum absolute atomic E-state index is 0.0294. The molecule has 110 valence electrons. The fourth-order valence-electron chi connectivity index (χ4n) is 2.57. The fraction of sp³-hybridized carbons (Fsp3) is 0.500. The summed E-state index contributed by atoms with van der Waals surface area (Å²) in [6.45, 7) is 5.50. The van der Waals surface area contributed by atoms with Gasteiger partial charge in [0.25, 0.3) is 0 Å². The highest BCUT2D eigenvalue weighted by Crippen LogP contribution is 2.29. The second-order valence-electron chi connectivity index (χ2n) is 4.66. The fourth-order valence-corrected chi connectivity index (χ4v) is 2.57. The van der Waals surface area contributed by atoms with Gasteiger partial charge in [-0.2, -0.15) is 0 Å². The van der Waals surface area contributed by atoms with Crippen molar-refractivity contribution in [2.45, 2.75) is 39.7 Å². The van der Waals surface area contributed by atoms with Crippen molar-refractivity contribution in [1.82, 2.24) is 5.32 Å². The molecule has 1 aliphatic rings. The van der Waals surface area contributed by atoms with Gasteiger partial charge in [0.15, 0.2) is 5.78 Å². The van der Waals surface area contributed by atoms with E-state index in [-0.39, 0.29) is 11.7 Å². The quantitative estimate of drug-likeness (QED) is 0.924. The maximum Gasteiger partial charge on any atom is 0.407 e. The Labute approximate surface area is 120 Å². The van der Waals surface area contributed by atoms with Crippen molar-refractivity contribution in [3.05, 3.63) is 35.4 Å². The van der Waals surface area contributed by atoms with Crippen LogP contribution in [0.1, 0.15) is 31.9 Å². The van der Waals surface area contributed by atoms with E-state index in [0.29, 0.717) is 0 Å². The Balaban J connectivity index is 0.000000956. The van der Waals surface area contributed by atoms with Crippen molar-refractivity contribution in [3.8, 4) is 0 Å². The molecule has 1 amide bonds. The molecule has 4 nitrogen and oxygen atoms in total. The molecule has 1 aliphatic carbocycles. The van der Waals surface area contributed by atoms with Crippen LogP contribution in [0.3, 0.4) is 0 Å². The average molecular weight is 277 g/mol. The third kappa shape index (κ3) is 3.83. The first-order chi connectivity index (χ1) is 9.61. The van der Waals surface area contributed by atoms with Gasteiger partial charge in [0, 0.05) is 0 Å². The Kier molecular flexibility index (Phi) is 6.22. The van der Waals surface area contributed by atoms with Crippen molar-refractivity contribution in [1.29, 1.82) is 0 Å². The van der Waals surface area contributed by atoms with Crippen LogP contribution in [-0.4, -0.2) is 25.0 Å². The number of carbonyl (C=O) groups is 2. The van der Waals surface area contributed by atoms with Crippen LogP contribution in [0.25, 0.3) is 0 Å². The van der Waals surface area contributed by atoms with Gasteiger partial charge in [-0.1, -0.05) is 38.1 Å². The van der Waals surface area contributed by atoms with Crippen LogP contribution in [0.15, 0.2) is 24.3 Å². The summed E-state index contributed by atoms with van der Waals surface area (Å²) in [6.07, 6.45) is 1.10. The monoisotopic (exact) mass is 277 g/mol. The lowest BCUT2D eigenvalue weighted by molar-refractivity contribution is -0.120. The minimum Gasteiger partial charge on any atom is -0.453 e. The maximum atomic E-state index is 11.7. The normalized spacial score (nSPS) is 14.6. The van der Waals surface area contributed by atoms with E-state index >= 15 is 0 Å². The molecule has 20 heavy (non-hydrogen) atoms. The summed E-state index contributed by atoms with van der Waals surface area (Å²) in [4.78, 5) is 22.9. The predicted octanol–water partition coefficient (Wildman–Crippen LogP) is 2.74. The lowest BCUT2D eigenvalue weighted by Gasteiger charge is -2.21. The van der Waals surface area contributed by atoms with Crippen LogP contribution >= 0.6 is 0 Å². The zero-order valence-electron chi connectivity index (χ0n) is 12.6. The van der Waals surface area contributed by atoms with Gasteiger partial charge >= 0.3 is 6.09 Å². The molecule has 0 heterocycles. The molecule has 1 aromatic rings. The molecule has 0 aromatic heterocycles. The first kappa shape index (κ1) is 16.2. The Morgan fingerprint density at radius 3 is 2.10 bits per heavy atom. The summed E-state index contributed by atoms with van der Waals surface area (Å²) in [5, 5.41) is 2.63. The van der Waals surface area contributed by atoms with Crippen molar-refractivity contribution in [3.63, 3.8) is 0 Å². The topological polar surface area (TPSA) is 55.4 Å². The average Bonchev–Trinajstić information content (AvgIpc) is 2.89. The molecule has 4 heteroatoms. The van der Waals surface area contributed by atoms with Crippen LogP contribution in [0.4, 0.5) is 4.79 Å². The van der Waals surface area contributed by atoms with Crippen LogP contribution in [0.2, 0.25) is 0 Å². The van der Waals surface area contributed by atoms with E-state index in [2.05, 4.69) is 22.2 Å². The first-order valence-corrected chi connectivity index (χ1v) is 7.03. The highest BCUT2D eigenvalue weighted by Gasteiger charge is 2.32. The second-order valence-corrected chi connectivity index (χ2v) is 4.66. The highest BCUT2D eigenvalue weighted by atomic mass is 16.5. The van der Waals surface area contributed by atoms with Crippen LogP contribution in [0, 0.1) is 5.92 Å². The van der Waals surface area contributed by atoms with E-state index in [0.717, 1.165) is 12.8 Å². The number of nitrogens with one attached hydrogen (secondary N) is 1. The molecule has 1 atom stereocenters. The van der Waals surface area contributed by atoms with E-state index in [1.165, 1.54) is 25.2 Å². The second kappa shape index (κ2) is 7.68. The highest BCUT2D eigenvalue weighted by molar-refractivity contribution is 5.85. The van der Waals surface area contributed by atoms with Crippen molar-refractivity contribution in [2.24, 2.45) is 5.92 Å². The molecule has 0 saturated carbocycles. The van der Waals surface area contributed by atoms with Gasteiger partial charge in [0.05, 0.1) is 13.2 Å². The molecule has 1 N–H and O–H groups in total. The number of hydrogen-bond donors (Lipinski definition) is 1. The Morgan fingerprint density at radius 1 is 1.20 bits per heavy atom. The lowest BCUT2D eigenvalue weighted by atomic mass is 9.94. The number of carbonyl (C=O) groups excluding carboxylic acids is 2. The first-order valence-electron chi connectivity index (χ1n) is 7.03. The SMILES string of the molecule is CC.COC(=O)NC(C(C)=O)C1Cc2ccccc2C1. The molecule has 0 fully saturated rings. The number of alkyl carbamates (subject to hydrolysis) is 1. The largest absolute Gasteiger partial charge is 0.453 e. The number of methoxy groups -OCH3 is 1. The summed E-state index contributed by atoms with van der Waals surface area (Å²) in [5.41, 5.74) is 2.53. The third-order valence-electron chi connectivity index (χ3n) is 3.45. The summed E-state index contributed by atoms with van der Waals surface area (Å²) in [5.74, 6) is 0.0946. The molecule has 0 saturated heterocycles. The van der Waals surface area contributed by atoms with Crippen LogP contribution in [0.5, 0.6) is 0 Å². The Morgan fingerprint density at radius 2 is 1.70 bits per heavy atom. The van der Waals surface area contributed by atoms with E-state index in [1.807, 2.05) is 26.0 Å². The van der Waals surface area contributed by atoms with E-state index < -0.39 is 12.1 Å². The number of hydrogen-bond acceptors (Lipinski definition) is 3. The van der Waals surface area contributed by atoms with Gasteiger partial charge in [0.2, 0.25) is 0 Å². The molecular formula is C16H23NO3. The summed E-state index contributed by atoms with van der Waals surface area (Å²) >= 11 is 0. The number of fused-ring (bicyclic) bond motifs is 1. The van der Waals surface area contributed by atoms with E-state index in [9.17, 15) is 9.59 Å². The lowest BCUT2D eigenvalue weighted by Crippen LogP contribution is -2.45. The molecular weight excluding hydrogens is 254 g/mol. The maximum absolute atomic E-state index is 11.7. The van der Waals surface area contributed by atoms with Crippen molar-refractivity contribution in [2.75, 3.05) is 7.11 Å². The number of ketones is 1. The molecule has 0 aliphatic heterocycles. The number of amides is 1. The van der Waals surface area contributed by atoms with Crippen molar-refractivity contribution >= 4 is 11.9 Å².